The van der Waals surface area contributed by atoms with Gasteiger partial charge in [-0.3, -0.25) is 4.79 Å². The molecule has 0 atom stereocenters. The van der Waals surface area contributed by atoms with E-state index in [4.69, 9.17) is 14.2 Å². The predicted molar refractivity (Wildman–Crippen MR) is 109 cm³/mol. The number of methoxy groups -OCH3 is 2. The van der Waals surface area contributed by atoms with Gasteiger partial charge in [0.1, 0.15) is 5.75 Å². The van der Waals surface area contributed by atoms with Crippen LogP contribution in [0.15, 0.2) is 53.4 Å². The van der Waals surface area contributed by atoms with Crippen LogP contribution in [0.1, 0.15) is 23.0 Å². The molecule has 0 saturated heterocycles. The standard InChI is InChI=1S/C21H21NO7S/c1-4-29-21(24)20-16-12-14(27-2)10-11-17(16)22(18(20)13-19(23)28-3)30(25,26)15-8-6-5-7-9-15/h5-12H,4,13H2,1-3H3. The molecule has 3 aromatic rings. The number of rotatable bonds is 7. The van der Waals surface area contributed by atoms with Gasteiger partial charge in [-0.1, -0.05) is 18.2 Å². The van der Waals surface area contributed by atoms with E-state index >= 15 is 0 Å². The molecule has 0 radical (unpaired) electrons. The summed E-state index contributed by atoms with van der Waals surface area (Å²) in [6.45, 7) is 1.72. The molecule has 2 aromatic carbocycles. The zero-order chi connectivity index (χ0) is 21.9. The fourth-order valence-electron chi connectivity index (χ4n) is 3.19. The number of esters is 2. The third kappa shape index (κ3) is 3.76. The van der Waals surface area contributed by atoms with E-state index in [0.29, 0.717) is 11.1 Å². The van der Waals surface area contributed by atoms with E-state index in [9.17, 15) is 18.0 Å². The zero-order valence-corrected chi connectivity index (χ0v) is 17.6. The summed E-state index contributed by atoms with van der Waals surface area (Å²) in [5, 5.41) is 0.297. The Morgan fingerprint density at radius 2 is 1.73 bits per heavy atom. The highest BCUT2D eigenvalue weighted by Gasteiger charge is 2.32. The molecule has 0 aliphatic heterocycles. The van der Waals surface area contributed by atoms with Crippen LogP contribution in [0.25, 0.3) is 10.9 Å². The molecule has 0 aliphatic rings. The van der Waals surface area contributed by atoms with E-state index in [1.165, 1.54) is 32.4 Å². The topological polar surface area (TPSA) is 101 Å². The second-order valence-corrected chi connectivity index (χ2v) is 8.05. The minimum atomic E-state index is -4.14. The molecule has 0 unspecified atom stereocenters. The summed E-state index contributed by atoms with van der Waals surface area (Å²) in [5.41, 5.74) is 0.171. The van der Waals surface area contributed by atoms with Crippen LogP contribution in [0, 0.1) is 0 Å². The molecule has 30 heavy (non-hydrogen) atoms. The largest absolute Gasteiger partial charge is 0.497 e. The molecule has 0 spiro atoms. The Balaban J connectivity index is 2.44. The van der Waals surface area contributed by atoms with Crippen LogP contribution in [0.2, 0.25) is 0 Å². The first kappa shape index (κ1) is 21.4. The van der Waals surface area contributed by atoms with E-state index in [1.807, 2.05) is 0 Å². The minimum absolute atomic E-state index is 0.0132. The average Bonchev–Trinajstić information content (AvgIpc) is 3.07. The molecular formula is C21H21NO7S. The van der Waals surface area contributed by atoms with Gasteiger partial charge >= 0.3 is 11.9 Å². The Bertz CT molecular complexity index is 1200. The molecule has 0 aliphatic carbocycles. The number of nitrogens with zero attached hydrogens (tertiary/aromatic N) is 1. The van der Waals surface area contributed by atoms with Crippen LogP contribution in [0.4, 0.5) is 0 Å². The second-order valence-electron chi connectivity index (χ2n) is 6.26. The lowest BCUT2D eigenvalue weighted by Crippen LogP contribution is -2.20. The van der Waals surface area contributed by atoms with E-state index < -0.39 is 28.4 Å². The van der Waals surface area contributed by atoms with Crippen molar-refractivity contribution in [3.05, 3.63) is 59.8 Å². The molecule has 158 valence electrons. The van der Waals surface area contributed by atoms with E-state index in [2.05, 4.69) is 0 Å². The van der Waals surface area contributed by atoms with Gasteiger partial charge in [0.2, 0.25) is 0 Å². The van der Waals surface area contributed by atoms with E-state index in [-0.39, 0.29) is 28.3 Å². The van der Waals surface area contributed by atoms with Crippen molar-refractivity contribution in [3.8, 4) is 5.75 Å². The molecule has 0 bridgehead atoms. The number of carbonyl (C=O) groups excluding carboxylic acids is 2. The Morgan fingerprint density at radius 3 is 2.33 bits per heavy atom. The van der Waals surface area contributed by atoms with Gasteiger partial charge in [0.15, 0.2) is 0 Å². The van der Waals surface area contributed by atoms with Crippen molar-refractivity contribution in [2.24, 2.45) is 0 Å². The van der Waals surface area contributed by atoms with Gasteiger partial charge in [0.25, 0.3) is 10.0 Å². The van der Waals surface area contributed by atoms with Crippen molar-refractivity contribution in [2.45, 2.75) is 18.2 Å². The van der Waals surface area contributed by atoms with Gasteiger partial charge in [0.05, 0.1) is 48.9 Å². The Morgan fingerprint density at radius 1 is 1.03 bits per heavy atom. The molecule has 1 heterocycles. The third-order valence-electron chi connectivity index (χ3n) is 4.53. The second kappa shape index (κ2) is 8.58. The maximum absolute atomic E-state index is 13.5. The quantitative estimate of drug-likeness (QED) is 0.530. The van der Waals surface area contributed by atoms with Crippen molar-refractivity contribution in [3.63, 3.8) is 0 Å². The van der Waals surface area contributed by atoms with Crippen LogP contribution in [0.5, 0.6) is 5.75 Å². The number of ether oxygens (including phenoxy) is 3. The smallest absolute Gasteiger partial charge is 0.340 e. The van der Waals surface area contributed by atoms with E-state index in [1.54, 1.807) is 37.3 Å². The molecule has 8 nitrogen and oxygen atoms in total. The van der Waals surface area contributed by atoms with Crippen LogP contribution in [-0.2, 0) is 30.7 Å². The fourth-order valence-corrected chi connectivity index (χ4v) is 4.77. The first-order valence-electron chi connectivity index (χ1n) is 9.11. The van der Waals surface area contributed by atoms with Crippen LogP contribution < -0.4 is 4.74 Å². The highest BCUT2D eigenvalue weighted by molar-refractivity contribution is 7.90. The number of benzene rings is 2. The van der Waals surface area contributed by atoms with Gasteiger partial charge in [-0.05, 0) is 37.3 Å². The lowest BCUT2D eigenvalue weighted by Gasteiger charge is -2.12. The Kier molecular flexibility index (Phi) is 6.12. The van der Waals surface area contributed by atoms with Crippen molar-refractivity contribution >= 4 is 32.9 Å². The first-order chi connectivity index (χ1) is 14.3. The summed E-state index contributed by atoms with van der Waals surface area (Å²) in [4.78, 5) is 24.9. The Labute approximate surface area is 174 Å². The maximum atomic E-state index is 13.5. The first-order valence-corrected chi connectivity index (χ1v) is 10.5. The maximum Gasteiger partial charge on any atom is 0.340 e. The van der Waals surface area contributed by atoms with Gasteiger partial charge in [-0.25, -0.2) is 17.2 Å². The van der Waals surface area contributed by atoms with Crippen LogP contribution in [0.3, 0.4) is 0 Å². The summed E-state index contributed by atoms with van der Waals surface area (Å²) >= 11 is 0. The van der Waals surface area contributed by atoms with Crippen molar-refractivity contribution in [2.75, 3.05) is 20.8 Å². The van der Waals surface area contributed by atoms with Gasteiger partial charge in [-0.2, -0.15) is 0 Å². The number of fused-ring (bicyclic) bond motifs is 1. The molecule has 0 saturated carbocycles. The lowest BCUT2D eigenvalue weighted by molar-refractivity contribution is -0.139. The zero-order valence-electron chi connectivity index (χ0n) is 16.7. The SMILES string of the molecule is CCOC(=O)c1c(CC(=O)OC)n(S(=O)(=O)c2ccccc2)c2ccc(OC)cc12. The predicted octanol–water partition coefficient (Wildman–Crippen LogP) is 2.78. The van der Waals surface area contributed by atoms with Crippen LogP contribution in [-0.4, -0.2) is 45.2 Å². The molecule has 0 N–H and O–H groups in total. The molecule has 0 fully saturated rings. The Hall–Kier alpha value is -3.33. The highest BCUT2D eigenvalue weighted by Crippen LogP contribution is 2.34. The fraction of sp³-hybridized carbons (Fsp3) is 0.238. The summed E-state index contributed by atoms with van der Waals surface area (Å²) in [7, 11) is -1.49. The molecule has 0 amide bonds. The summed E-state index contributed by atoms with van der Waals surface area (Å²) in [6, 6.07) is 12.4. The number of aromatic nitrogens is 1. The summed E-state index contributed by atoms with van der Waals surface area (Å²) in [6.07, 6.45) is -0.437. The molecule has 1 aromatic heterocycles. The van der Waals surface area contributed by atoms with Gasteiger partial charge in [-0.15, -0.1) is 0 Å². The number of hydrogen-bond acceptors (Lipinski definition) is 7. The third-order valence-corrected chi connectivity index (χ3v) is 6.29. The van der Waals surface area contributed by atoms with Gasteiger partial charge < -0.3 is 14.2 Å². The molecular weight excluding hydrogens is 410 g/mol. The van der Waals surface area contributed by atoms with Crippen molar-refractivity contribution < 1.29 is 32.2 Å². The average molecular weight is 431 g/mol. The van der Waals surface area contributed by atoms with Gasteiger partial charge in [0, 0.05) is 5.39 Å². The van der Waals surface area contributed by atoms with Crippen molar-refractivity contribution in [1.82, 2.24) is 3.97 Å². The number of hydrogen-bond donors (Lipinski definition) is 0. The normalized spacial score (nSPS) is 11.3. The minimum Gasteiger partial charge on any atom is -0.497 e. The molecule has 3 rings (SSSR count). The summed E-state index contributed by atoms with van der Waals surface area (Å²) in [5.74, 6) is -1.01. The van der Waals surface area contributed by atoms with E-state index in [0.717, 1.165) is 3.97 Å². The molecule has 9 heteroatoms. The van der Waals surface area contributed by atoms with Crippen molar-refractivity contribution in [1.29, 1.82) is 0 Å². The summed E-state index contributed by atoms with van der Waals surface area (Å²) < 4.78 is 43.2. The lowest BCUT2D eigenvalue weighted by atomic mass is 10.1. The monoisotopic (exact) mass is 431 g/mol. The van der Waals surface area contributed by atoms with Crippen LogP contribution >= 0.6 is 0 Å². The highest BCUT2D eigenvalue weighted by atomic mass is 32.2. The number of carbonyl (C=O) groups is 2.